The maximum Gasteiger partial charge on any atom is 0.695 e. The Kier molecular flexibility index (Phi) is 27.3. The van der Waals surface area contributed by atoms with Gasteiger partial charge in [-0.05, 0) is 58.4 Å². The minimum atomic E-state index is -4.29. The number of thiol groups is 1. The summed E-state index contributed by atoms with van der Waals surface area (Å²) in [6.45, 7) is 18.0. The lowest BCUT2D eigenvalue weighted by molar-refractivity contribution is -0.119. The van der Waals surface area contributed by atoms with Gasteiger partial charge in [-0.1, -0.05) is 146 Å². The predicted molar refractivity (Wildman–Crippen MR) is 414 cm³/mol. The second kappa shape index (κ2) is 35.2. The third-order valence-electron chi connectivity index (χ3n) is 18.8. The summed E-state index contributed by atoms with van der Waals surface area (Å²) in [4.78, 5) is 132. The van der Waals surface area contributed by atoms with Gasteiger partial charge >= 0.3 is 21.8 Å². The van der Waals surface area contributed by atoms with Crippen LogP contribution >= 0.6 is 44.7 Å². The molecule has 4 fully saturated rings. The number of carbonyl (C=O) groups is 4. The average Bonchev–Trinajstić information content (AvgIpc) is 1.65. The van der Waals surface area contributed by atoms with Gasteiger partial charge in [0.2, 0.25) is 35.6 Å². The Morgan fingerprint density at radius 1 is 0.667 bits per heavy atom. The lowest BCUT2D eigenvalue weighted by Gasteiger charge is -2.28. The molecule has 0 radical (unpaired) electrons. The van der Waals surface area contributed by atoms with Gasteiger partial charge in [0.05, 0.1) is 62.0 Å². The first-order valence-electron chi connectivity index (χ1n) is 35.4. The van der Waals surface area contributed by atoms with Crippen LogP contribution in [-0.4, -0.2) is 162 Å². The van der Waals surface area contributed by atoms with Crippen molar-refractivity contribution in [2.45, 2.75) is 182 Å². The molecule has 0 spiro atoms. The van der Waals surface area contributed by atoms with Crippen molar-refractivity contribution < 1.29 is 88.4 Å². The van der Waals surface area contributed by atoms with Crippen LogP contribution in [0.4, 0.5) is 23.7 Å². The summed E-state index contributed by atoms with van der Waals surface area (Å²) in [5.41, 5.74) is 2.19. The van der Waals surface area contributed by atoms with Crippen molar-refractivity contribution in [3.05, 3.63) is 104 Å². The molecule has 111 heavy (non-hydrogen) atoms. The fourth-order valence-corrected chi connectivity index (χ4v) is 17.6. The molecule has 8 aromatic rings. The fraction of sp³-hybridized carbons (Fsp3) is 0.537. The molecule has 0 saturated carbocycles. The van der Waals surface area contributed by atoms with Gasteiger partial charge in [-0.3, -0.25) is 77.4 Å². The number of imidazole rings is 3. The third kappa shape index (κ3) is 19.7. The van der Waals surface area contributed by atoms with Crippen molar-refractivity contribution in [2.24, 2.45) is 35.5 Å². The standard InChI is InChI=1S/C37H45N11O12P2S2.C15H23ClO2S.C15H20N5O7P/c1-16(2)30(49)44-36-41-27(40-32(51)20-10-8-7-9-11-20)23-28(42-36)47(14-38-23)34-25-18(5)21(57-34)12-55-62(54,64)60-26-19(6)22(13-56-61(53,63)59-25)58-35(26)48-15-39-24-29(48)43-37(46-33(24)52)45-31(50)17(3)4;1-9(2)12-7-13(10(3)4)15(19(16,17)18)14(8-12)11(5)6;1-6(2)12(22)18-15-17-11-9(13(23)19-15)16-5-20(11)14-10(27-28(24)25)7(3)8(4-21)26-14/h7-11,14-19,21-22,25-26,34-35H,12-13H2,1-6H3,(H,53,63)(H,54,64)(H2,43,45,46,50,52)(H2,40,41,42,44,49,51);7-11H,1-6H3;5-8,10,14,21H,4H2,1-3H3,(H2-,17,18,19,22,23,24,25)/p+1/t18-,19-,21-,22-,25-,26-,34-,35-,61?,62?;;7-,8-,10-,14-/m1.1/s1. The number of benzene rings is 2. The maximum atomic E-state index is 14.2. The van der Waals surface area contributed by atoms with Gasteiger partial charge in [-0.2, -0.15) is 19.9 Å². The first kappa shape index (κ1) is 86.1. The highest BCUT2D eigenvalue weighted by atomic mass is 35.7. The van der Waals surface area contributed by atoms with E-state index in [9.17, 15) is 61.2 Å². The molecule has 2 aromatic carbocycles. The minimum Gasteiger partial charge on any atom is -0.394 e. The van der Waals surface area contributed by atoms with Crippen LogP contribution in [0.2, 0.25) is 0 Å². The van der Waals surface area contributed by atoms with E-state index in [1.54, 1.807) is 92.6 Å². The molecular formula is C67H89ClN16O21P3S3+. The van der Waals surface area contributed by atoms with Gasteiger partial charge in [0.1, 0.15) is 12.2 Å². The van der Waals surface area contributed by atoms with Crippen LogP contribution in [0, 0.1) is 35.5 Å². The second-order valence-corrected chi connectivity index (χ2v) is 37.7. The predicted octanol–water partition coefficient (Wildman–Crippen LogP) is 9.80. The molecule has 4 aliphatic heterocycles. The number of nitrogens with one attached hydrogen (secondary N) is 6. The highest BCUT2D eigenvalue weighted by Crippen LogP contribution is 2.60. The van der Waals surface area contributed by atoms with Gasteiger partial charge in [0, 0.05) is 56.3 Å². The van der Waals surface area contributed by atoms with Crippen molar-refractivity contribution in [1.82, 2.24) is 58.6 Å². The van der Waals surface area contributed by atoms with Crippen LogP contribution in [-0.2, 0) is 81.2 Å². The number of aromatic nitrogens is 12. The molecule has 6 aromatic heterocycles. The smallest absolute Gasteiger partial charge is 0.394 e. The zero-order valence-corrected chi connectivity index (χ0v) is 68.9. The van der Waals surface area contributed by atoms with Crippen molar-refractivity contribution in [1.29, 1.82) is 0 Å². The number of fused-ring (bicyclic) bond motifs is 7. The van der Waals surface area contributed by atoms with E-state index in [1.165, 1.54) is 32.7 Å². The Labute approximate surface area is 652 Å². The molecule has 12 rings (SSSR count). The number of amides is 4. The molecule has 37 nitrogen and oxygen atoms in total. The number of aliphatic hydroxyl groups is 1. The summed E-state index contributed by atoms with van der Waals surface area (Å²) in [6, 6.07) is 12.4. The zero-order chi connectivity index (χ0) is 81.4. The molecule has 3 unspecified atom stereocenters. The number of rotatable bonds is 18. The lowest BCUT2D eigenvalue weighted by Crippen LogP contribution is -2.31. The van der Waals surface area contributed by atoms with E-state index in [0.29, 0.717) is 16.4 Å². The zero-order valence-electron chi connectivity index (χ0n) is 62.9. The number of ether oxygens (including phenoxy) is 3. The molecule has 4 aliphatic rings. The van der Waals surface area contributed by atoms with E-state index in [-0.39, 0.29) is 101 Å². The van der Waals surface area contributed by atoms with Crippen LogP contribution in [0.3, 0.4) is 0 Å². The number of anilines is 4. The van der Waals surface area contributed by atoms with Crippen LogP contribution in [0.5, 0.6) is 0 Å². The number of hydrogen-bond donors (Lipinski definition) is 10. The molecular weight excluding hydrogens is 1590 g/mol. The van der Waals surface area contributed by atoms with Crippen molar-refractivity contribution >= 4 is 146 Å². The number of nitrogens with zero attached hydrogens (tertiary/aromatic N) is 10. The Morgan fingerprint density at radius 2 is 1.13 bits per heavy atom. The third-order valence-corrected chi connectivity index (χ3v) is 23.8. The topological polar surface area (TPSA) is 490 Å². The molecule has 15 atom stereocenters. The number of hydrogen-bond acceptors (Lipinski definition) is 27. The summed E-state index contributed by atoms with van der Waals surface area (Å²) in [6.07, 6.45) is -4.88. The highest BCUT2D eigenvalue weighted by Gasteiger charge is 2.53. The normalized spacial score (nSPS) is 25.8. The molecule has 4 amide bonds. The van der Waals surface area contributed by atoms with Gasteiger partial charge < -0.3 is 38.6 Å². The average molecular weight is 1680 g/mol. The number of aliphatic hydroxyl groups excluding tert-OH is 1. The molecule has 9 N–H and O–H groups in total. The van der Waals surface area contributed by atoms with E-state index in [4.69, 9.17) is 59.3 Å². The number of aromatic amines is 2. The van der Waals surface area contributed by atoms with E-state index in [0.717, 1.165) is 16.7 Å². The van der Waals surface area contributed by atoms with Gasteiger partial charge in [-0.25, -0.2) is 27.9 Å². The Bertz CT molecular complexity index is 5140. The van der Waals surface area contributed by atoms with Gasteiger partial charge in [0.15, 0.2) is 64.1 Å². The SMILES string of the molecule is CC(C)C(=O)Nc1nc(NC(=O)c2ccccc2)c2ncn([C@@H]3O[C@@H]4COP(O)(=S)O[C@@H]5[C@H](C)[C@@H](COP(=O)(S)O[C@@H]3[C@@H]4C)O[C@H]5n3cnc4c(=O)[nH]c(NC(=O)C(C)C)nc43)c2n1.CC(C)C(=O)Nc1nc2c(ncn2[C@@H]2O[C@H](CO)[C@@H](C)[C@H]2O[P+](=O)O)c(=O)[nH]1.CC(C)c1cc(C(C)C)c(S(=O)(=O)Cl)c(C(C)C)c1. The van der Waals surface area contributed by atoms with Crippen LogP contribution in [0.25, 0.3) is 33.5 Å². The van der Waals surface area contributed by atoms with E-state index in [2.05, 4.69) is 92.2 Å². The summed E-state index contributed by atoms with van der Waals surface area (Å²) in [7, 11) is -0.993. The quantitative estimate of drug-likeness (QED) is 0.0217. The first-order valence-corrected chi connectivity index (χ1v) is 44.1. The summed E-state index contributed by atoms with van der Waals surface area (Å²) in [5.74, 6) is -4.27. The highest BCUT2D eigenvalue weighted by molar-refractivity contribution is 8.44. The number of carbonyl (C=O) groups excluding carboxylic acids is 4. The largest absolute Gasteiger partial charge is 0.695 e. The van der Waals surface area contributed by atoms with Crippen LogP contribution in [0.1, 0.15) is 167 Å². The maximum absolute atomic E-state index is 14.2. The molecule has 10 heterocycles. The second-order valence-electron chi connectivity index (χ2n) is 28.8. The van der Waals surface area contributed by atoms with Gasteiger partial charge in [0.25, 0.3) is 26.1 Å². The fourth-order valence-electron chi connectivity index (χ4n) is 12.4. The van der Waals surface area contributed by atoms with Crippen LogP contribution < -0.4 is 32.4 Å². The van der Waals surface area contributed by atoms with Crippen molar-refractivity contribution in [3.8, 4) is 0 Å². The van der Waals surface area contributed by atoms with E-state index < -0.39 is 145 Å². The molecule has 4 bridgehead atoms. The Morgan fingerprint density at radius 3 is 1.59 bits per heavy atom. The molecule has 4 saturated heterocycles. The Balaban J connectivity index is 0.000000227. The molecule has 44 heteroatoms. The van der Waals surface area contributed by atoms with Gasteiger partial charge in [-0.15, -0.1) is 9.42 Å². The Hall–Kier alpha value is -7.30. The summed E-state index contributed by atoms with van der Waals surface area (Å²) < 4.78 is 102. The molecule has 0 aliphatic carbocycles. The lowest BCUT2D eigenvalue weighted by atomic mass is 9.89. The van der Waals surface area contributed by atoms with Crippen molar-refractivity contribution in [2.75, 3.05) is 41.1 Å². The minimum absolute atomic E-state index is 0.00150. The van der Waals surface area contributed by atoms with E-state index in [1.807, 2.05) is 39.8 Å². The van der Waals surface area contributed by atoms with E-state index >= 15 is 0 Å². The first-order chi connectivity index (χ1) is 52.1. The summed E-state index contributed by atoms with van der Waals surface area (Å²) in [5, 5.41) is 20.0. The number of H-pyrrole nitrogens is 2. The summed E-state index contributed by atoms with van der Waals surface area (Å²) >= 11 is 9.91. The van der Waals surface area contributed by atoms with Crippen LogP contribution in [0.15, 0.2) is 75.9 Å². The molecule has 602 valence electrons. The monoisotopic (exact) mass is 1680 g/mol. The number of halogens is 1. The van der Waals surface area contributed by atoms with Crippen molar-refractivity contribution in [3.63, 3.8) is 0 Å².